The largest absolute Gasteiger partial charge is 0.507 e. The molecule has 6 nitrogen and oxygen atoms in total. The summed E-state index contributed by atoms with van der Waals surface area (Å²) in [6, 6.07) is 9.09. The Labute approximate surface area is 162 Å². The van der Waals surface area contributed by atoms with E-state index in [1.165, 1.54) is 11.2 Å². The van der Waals surface area contributed by atoms with Crippen molar-refractivity contribution in [2.45, 2.75) is 12.5 Å². The molecule has 0 radical (unpaired) electrons. The number of furan rings is 1. The van der Waals surface area contributed by atoms with Crippen molar-refractivity contribution in [2.24, 2.45) is 0 Å². The summed E-state index contributed by atoms with van der Waals surface area (Å²) in [4.78, 5) is 28.8. The summed E-state index contributed by atoms with van der Waals surface area (Å²) in [5.41, 5.74) is 0.448. The monoisotopic (exact) mass is 388 g/mol. The molecular formula is C20H21ClN2O4. The Morgan fingerprint density at radius 1 is 1.22 bits per heavy atom. The van der Waals surface area contributed by atoms with Crippen molar-refractivity contribution in [3.8, 4) is 0 Å². The maximum Gasteiger partial charge on any atom is 0.295 e. The van der Waals surface area contributed by atoms with Crippen LogP contribution < -0.4 is 0 Å². The van der Waals surface area contributed by atoms with Crippen LogP contribution in [0.4, 0.5) is 0 Å². The Hall–Kier alpha value is -2.57. The quantitative estimate of drug-likeness (QED) is 0.467. The number of halogens is 1. The maximum atomic E-state index is 12.7. The lowest BCUT2D eigenvalue weighted by Crippen LogP contribution is -2.32. The number of Topliss-reactive ketones (excluding diaryl/α,β-unsaturated/α-hetero) is 1. The van der Waals surface area contributed by atoms with Crippen LogP contribution in [0.2, 0.25) is 5.02 Å². The molecule has 7 heteroatoms. The molecule has 0 aliphatic carbocycles. The van der Waals surface area contributed by atoms with E-state index in [-0.39, 0.29) is 11.3 Å². The molecule has 0 saturated carbocycles. The van der Waals surface area contributed by atoms with Gasteiger partial charge in [0.05, 0.1) is 11.8 Å². The van der Waals surface area contributed by atoms with Crippen LogP contribution in [0.25, 0.3) is 5.76 Å². The highest BCUT2D eigenvalue weighted by Crippen LogP contribution is 2.39. The molecule has 2 aromatic rings. The lowest BCUT2D eigenvalue weighted by atomic mass is 9.99. The van der Waals surface area contributed by atoms with Crippen LogP contribution in [-0.4, -0.2) is 53.8 Å². The van der Waals surface area contributed by atoms with E-state index < -0.39 is 17.7 Å². The second kappa shape index (κ2) is 7.98. The van der Waals surface area contributed by atoms with Gasteiger partial charge in [-0.3, -0.25) is 9.59 Å². The molecule has 1 aromatic carbocycles. The summed E-state index contributed by atoms with van der Waals surface area (Å²) in [7, 11) is 3.89. The molecule has 1 aliphatic rings. The van der Waals surface area contributed by atoms with E-state index in [9.17, 15) is 14.7 Å². The van der Waals surface area contributed by atoms with Gasteiger partial charge in [0.15, 0.2) is 0 Å². The minimum Gasteiger partial charge on any atom is -0.507 e. The van der Waals surface area contributed by atoms with Gasteiger partial charge < -0.3 is 19.3 Å². The Bertz CT molecular complexity index is 857. The first-order chi connectivity index (χ1) is 12.9. The lowest BCUT2D eigenvalue weighted by molar-refractivity contribution is -0.140. The summed E-state index contributed by atoms with van der Waals surface area (Å²) in [5.74, 6) is -1.14. The number of aliphatic hydroxyl groups is 1. The van der Waals surface area contributed by atoms with Crippen LogP contribution in [0.3, 0.4) is 0 Å². The molecule has 1 aromatic heterocycles. The third-order valence-electron chi connectivity index (χ3n) is 4.47. The molecule has 1 N–H and O–H groups in total. The number of carbonyl (C=O) groups excluding carboxylic acids is 2. The summed E-state index contributed by atoms with van der Waals surface area (Å²) < 4.78 is 5.48. The second-order valence-electron chi connectivity index (χ2n) is 6.67. The van der Waals surface area contributed by atoms with Gasteiger partial charge in [-0.15, -0.1) is 0 Å². The molecule has 1 fully saturated rings. The highest BCUT2D eigenvalue weighted by atomic mass is 35.5. The zero-order chi connectivity index (χ0) is 19.6. The van der Waals surface area contributed by atoms with Crippen LogP contribution in [0, 0.1) is 0 Å². The van der Waals surface area contributed by atoms with Gasteiger partial charge >= 0.3 is 0 Å². The van der Waals surface area contributed by atoms with Gasteiger partial charge in [0.1, 0.15) is 17.6 Å². The van der Waals surface area contributed by atoms with Crippen molar-refractivity contribution in [1.29, 1.82) is 0 Å². The lowest BCUT2D eigenvalue weighted by Gasteiger charge is -2.24. The number of rotatable bonds is 6. The third kappa shape index (κ3) is 3.91. The van der Waals surface area contributed by atoms with Gasteiger partial charge in [-0.1, -0.05) is 11.6 Å². The van der Waals surface area contributed by atoms with Crippen molar-refractivity contribution >= 4 is 29.1 Å². The molecule has 3 rings (SSSR count). The van der Waals surface area contributed by atoms with Gasteiger partial charge in [-0.05, 0) is 63.5 Å². The van der Waals surface area contributed by atoms with Crippen molar-refractivity contribution in [3.05, 3.63) is 64.6 Å². The molecule has 1 atom stereocenters. The fourth-order valence-corrected chi connectivity index (χ4v) is 3.30. The number of hydrogen-bond donors (Lipinski definition) is 1. The Morgan fingerprint density at radius 3 is 2.52 bits per heavy atom. The zero-order valence-corrected chi connectivity index (χ0v) is 15.9. The van der Waals surface area contributed by atoms with E-state index in [4.69, 9.17) is 16.0 Å². The number of benzene rings is 1. The molecule has 27 heavy (non-hydrogen) atoms. The maximum absolute atomic E-state index is 12.7. The predicted molar refractivity (Wildman–Crippen MR) is 102 cm³/mol. The van der Waals surface area contributed by atoms with E-state index in [0.717, 1.165) is 6.54 Å². The molecule has 142 valence electrons. The number of nitrogens with zero attached hydrogens (tertiary/aromatic N) is 2. The first-order valence-electron chi connectivity index (χ1n) is 8.62. The van der Waals surface area contributed by atoms with Crippen molar-refractivity contribution in [3.63, 3.8) is 0 Å². The zero-order valence-electron chi connectivity index (χ0n) is 15.2. The minimum absolute atomic E-state index is 0.0297. The summed E-state index contributed by atoms with van der Waals surface area (Å²) in [5, 5.41) is 11.3. The highest BCUT2D eigenvalue weighted by Gasteiger charge is 2.47. The molecule has 1 amide bonds. The van der Waals surface area contributed by atoms with E-state index in [1.54, 1.807) is 36.4 Å². The van der Waals surface area contributed by atoms with Crippen molar-refractivity contribution in [1.82, 2.24) is 9.80 Å². The van der Waals surface area contributed by atoms with Crippen LogP contribution in [0.15, 0.2) is 52.7 Å². The van der Waals surface area contributed by atoms with E-state index in [1.807, 2.05) is 19.0 Å². The number of ketones is 1. The van der Waals surface area contributed by atoms with E-state index in [2.05, 4.69) is 0 Å². The SMILES string of the molecule is CN(C)CCCN1C(=O)C(=O)C(=C(O)c2ccc(Cl)cc2)[C@@H]1c1ccco1. The predicted octanol–water partition coefficient (Wildman–Crippen LogP) is 3.31. The molecule has 0 bridgehead atoms. The van der Waals surface area contributed by atoms with Gasteiger partial charge in [0.25, 0.3) is 11.7 Å². The second-order valence-corrected chi connectivity index (χ2v) is 7.11. The fourth-order valence-electron chi connectivity index (χ4n) is 3.17. The highest BCUT2D eigenvalue weighted by molar-refractivity contribution is 6.46. The number of likely N-dealkylation sites (tertiary alicyclic amines) is 1. The van der Waals surface area contributed by atoms with Gasteiger partial charge in [-0.2, -0.15) is 0 Å². The van der Waals surface area contributed by atoms with Crippen LogP contribution in [0.1, 0.15) is 23.8 Å². The Kier molecular flexibility index (Phi) is 5.68. The first-order valence-corrected chi connectivity index (χ1v) is 9.00. The molecule has 1 saturated heterocycles. The number of aliphatic hydroxyl groups excluding tert-OH is 1. The first kappa shape index (κ1) is 19.2. The minimum atomic E-state index is -0.752. The van der Waals surface area contributed by atoms with Gasteiger partial charge in [0.2, 0.25) is 0 Å². The van der Waals surface area contributed by atoms with Crippen molar-refractivity contribution in [2.75, 3.05) is 27.2 Å². The summed E-state index contributed by atoms with van der Waals surface area (Å²) in [6.07, 6.45) is 2.18. The fraction of sp³-hybridized carbons (Fsp3) is 0.300. The number of amides is 1. The molecule has 2 heterocycles. The topological polar surface area (TPSA) is 74.0 Å². The summed E-state index contributed by atoms with van der Waals surface area (Å²) >= 11 is 5.90. The van der Waals surface area contributed by atoms with Crippen LogP contribution in [-0.2, 0) is 9.59 Å². The smallest absolute Gasteiger partial charge is 0.295 e. The number of hydrogen-bond acceptors (Lipinski definition) is 5. The third-order valence-corrected chi connectivity index (χ3v) is 4.73. The van der Waals surface area contributed by atoms with Crippen molar-refractivity contribution < 1.29 is 19.1 Å². The van der Waals surface area contributed by atoms with Gasteiger partial charge in [-0.25, -0.2) is 0 Å². The molecular weight excluding hydrogens is 368 g/mol. The van der Waals surface area contributed by atoms with Crippen LogP contribution in [0.5, 0.6) is 0 Å². The standard InChI is InChI=1S/C20H21ClN2O4/c1-22(2)10-4-11-23-17(15-5-3-12-27-15)16(19(25)20(23)26)18(24)13-6-8-14(21)9-7-13/h3,5-9,12,17,24H,4,10-11H2,1-2H3/t17-/m0/s1. The van der Waals surface area contributed by atoms with E-state index >= 15 is 0 Å². The average molecular weight is 389 g/mol. The Morgan fingerprint density at radius 2 is 1.93 bits per heavy atom. The molecule has 0 spiro atoms. The Balaban J connectivity index is 2.03. The van der Waals surface area contributed by atoms with E-state index in [0.29, 0.717) is 29.3 Å². The summed E-state index contributed by atoms with van der Waals surface area (Å²) in [6.45, 7) is 1.15. The molecule has 1 aliphatic heterocycles. The van der Waals surface area contributed by atoms with Gasteiger partial charge in [0, 0.05) is 17.1 Å². The van der Waals surface area contributed by atoms with Crippen LogP contribution >= 0.6 is 11.6 Å². The average Bonchev–Trinajstić information content (AvgIpc) is 3.24. The molecule has 0 unspecified atom stereocenters. The normalized spacial score (nSPS) is 19.3. The number of carbonyl (C=O) groups is 2.